The Bertz CT molecular complexity index is 935. The summed E-state index contributed by atoms with van der Waals surface area (Å²) in [4.78, 5) is 12.7. The Labute approximate surface area is 160 Å². The third kappa shape index (κ3) is 4.67. The minimum atomic E-state index is -3.78. The van der Waals surface area contributed by atoms with Crippen molar-refractivity contribution in [2.75, 3.05) is 17.8 Å². The van der Waals surface area contributed by atoms with Gasteiger partial charge in [-0.2, -0.15) is 0 Å². The first-order valence-corrected chi connectivity index (χ1v) is 10.6. The molecule has 1 heterocycles. The number of amides is 1. The summed E-state index contributed by atoms with van der Waals surface area (Å²) in [6, 6.07) is 11.9. The van der Waals surface area contributed by atoms with E-state index in [0.29, 0.717) is 11.3 Å². The number of para-hydroxylation sites is 1. The number of piperidine rings is 1. The molecule has 2 aromatic rings. The van der Waals surface area contributed by atoms with E-state index in [1.807, 2.05) is 19.1 Å². The van der Waals surface area contributed by atoms with Crippen LogP contribution < -0.4 is 15.4 Å². The molecule has 144 valence electrons. The molecule has 3 N–H and O–H groups in total. The summed E-state index contributed by atoms with van der Waals surface area (Å²) in [5.41, 5.74) is 2.48. The quantitative estimate of drug-likeness (QED) is 0.736. The van der Waals surface area contributed by atoms with Gasteiger partial charge in [0.15, 0.2) is 0 Å². The smallest absolute Gasteiger partial charge is 0.261 e. The lowest BCUT2D eigenvalue weighted by molar-refractivity contribution is 0.0930. The highest BCUT2D eigenvalue weighted by Gasteiger charge is 2.21. The number of benzene rings is 2. The van der Waals surface area contributed by atoms with Gasteiger partial charge in [0.2, 0.25) is 0 Å². The second-order valence-corrected chi connectivity index (χ2v) is 8.60. The molecule has 27 heavy (non-hydrogen) atoms. The van der Waals surface area contributed by atoms with Crippen LogP contribution in [0.15, 0.2) is 47.4 Å². The topological polar surface area (TPSA) is 87.3 Å². The van der Waals surface area contributed by atoms with E-state index >= 15 is 0 Å². The second kappa shape index (κ2) is 8.10. The van der Waals surface area contributed by atoms with E-state index in [1.54, 1.807) is 25.1 Å². The van der Waals surface area contributed by atoms with Crippen molar-refractivity contribution in [2.24, 2.45) is 0 Å². The third-order valence-corrected chi connectivity index (χ3v) is 6.15. The van der Waals surface area contributed by atoms with Crippen molar-refractivity contribution in [3.8, 4) is 0 Å². The van der Waals surface area contributed by atoms with Crippen LogP contribution in [0.2, 0.25) is 0 Å². The van der Waals surface area contributed by atoms with Gasteiger partial charge in [0, 0.05) is 18.2 Å². The van der Waals surface area contributed by atoms with Crippen molar-refractivity contribution in [3.05, 3.63) is 59.2 Å². The minimum absolute atomic E-state index is 0.0657. The van der Waals surface area contributed by atoms with E-state index in [9.17, 15) is 13.2 Å². The molecule has 1 fully saturated rings. The van der Waals surface area contributed by atoms with Crippen LogP contribution in [0.25, 0.3) is 0 Å². The molecule has 0 radical (unpaired) electrons. The highest BCUT2D eigenvalue weighted by atomic mass is 32.2. The summed E-state index contributed by atoms with van der Waals surface area (Å²) >= 11 is 0. The number of hydrogen-bond donors (Lipinski definition) is 3. The first-order chi connectivity index (χ1) is 12.9. The van der Waals surface area contributed by atoms with E-state index in [0.717, 1.165) is 37.1 Å². The second-order valence-electron chi connectivity index (χ2n) is 6.91. The Balaban J connectivity index is 1.83. The number of aryl methyl sites for hydroxylation is 2. The number of carbonyl (C=O) groups is 1. The van der Waals surface area contributed by atoms with Gasteiger partial charge in [-0.25, -0.2) is 8.42 Å². The summed E-state index contributed by atoms with van der Waals surface area (Å²) in [6.45, 7) is 5.34. The van der Waals surface area contributed by atoms with Crippen LogP contribution >= 0.6 is 0 Å². The average molecular weight is 388 g/mol. The van der Waals surface area contributed by atoms with Crippen molar-refractivity contribution in [1.82, 2.24) is 10.6 Å². The molecule has 1 atom stereocenters. The van der Waals surface area contributed by atoms with Gasteiger partial charge in [0.25, 0.3) is 15.9 Å². The zero-order valence-corrected chi connectivity index (χ0v) is 16.4. The van der Waals surface area contributed by atoms with E-state index in [4.69, 9.17) is 0 Å². The molecule has 0 spiro atoms. The highest BCUT2D eigenvalue weighted by molar-refractivity contribution is 7.92. The molecule has 6 nitrogen and oxygen atoms in total. The summed E-state index contributed by atoms with van der Waals surface area (Å²) < 4.78 is 28.2. The monoisotopic (exact) mass is 387 g/mol. The Morgan fingerprint density at radius 1 is 1.11 bits per heavy atom. The van der Waals surface area contributed by atoms with E-state index in [1.165, 1.54) is 12.1 Å². The van der Waals surface area contributed by atoms with Gasteiger partial charge in [0.1, 0.15) is 0 Å². The maximum Gasteiger partial charge on any atom is 0.261 e. The van der Waals surface area contributed by atoms with Gasteiger partial charge >= 0.3 is 0 Å². The maximum absolute atomic E-state index is 12.8. The van der Waals surface area contributed by atoms with Crippen LogP contribution in [0, 0.1) is 13.8 Å². The largest absolute Gasteiger partial charge is 0.348 e. The van der Waals surface area contributed by atoms with E-state index < -0.39 is 10.0 Å². The van der Waals surface area contributed by atoms with Crippen LogP contribution in [-0.2, 0) is 10.0 Å². The molecular formula is C20H25N3O3S. The van der Waals surface area contributed by atoms with Gasteiger partial charge in [-0.15, -0.1) is 0 Å². The van der Waals surface area contributed by atoms with Crippen molar-refractivity contribution < 1.29 is 13.2 Å². The SMILES string of the molecule is Cc1ccccc1NS(=O)(=O)c1ccc(C)c(C(=O)N[C@H]2CCCNC2)c1. The lowest BCUT2D eigenvalue weighted by atomic mass is 10.1. The summed E-state index contributed by atoms with van der Waals surface area (Å²) in [5.74, 6) is -0.242. The van der Waals surface area contributed by atoms with Crippen LogP contribution in [0.4, 0.5) is 5.69 Å². The molecule has 0 bridgehead atoms. The van der Waals surface area contributed by atoms with Crippen molar-refractivity contribution in [1.29, 1.82) is 0 Å². The lowest BCUT2D eigenvalue weighted by Crippen LogP contribution is -2.45. The predicted molar refractivity (Wildman–Crippen MR) is 107 cm³/mol. The van der Waals surface area contributed by atoms with E-state index in [-0.39, 0.29) is 16.8 Å². The number of anilines is 1. The van der Waals surface area contributed by atoms with Crippen molar-refractivity contribution in [3.63, 3.8) is 0 Å². The number of carbonyl (C=O) groups excluding carboxylic acids is 1. The van der Waals surface area contributed by atoms with Gasteiger partial charge in [0.05, 0.1) is 10.6 Å². The summed E-state index contributed by atoms with van der Waals surface area (Å²) in [5, 5.41) is 6.25. The zero-order valence-electron chi connectivity index (χ0n) is 15.6. The van der Waals surface area contributed by atoms with Crippen molar-refractivity contribution >= 4 is 21.6 Å². The molecule has 0 aliphatic carbocycles. The first-order valence-electron chi connectivity index (χ1n) is 9.07. The normalized spacial score (nSPS) is 17.3. The number of rotatable bonds is 5. The molecule has 1 amide bonds. The molecule has 3 rings (SSSR count). The van der Waals surface area contributed by atoms with Crippen LogP contribution in [0.3, 0.4) is 0 Å². The van der Waals surface area contributed by atoms with E-state index in [2.05, 4.69) is 15.4 Å². The van der Waals surface area contributed by atoms with Crippen LogP contribution in [0.5, 0.6) is 0 Å². The average Bonchev–Trinajstić information content (AvgIpc) is 2.64. The molecule has 1 aliphatic heterocycles. The Morgan fingerprint density at radius 3 is 2.59 bits per heavy atom. The number of hydrogen-bond acceptors (Lipinski definition) is 4. The van der Waals surface area contributed by atoms with Crippen molar-refractivity contribution in [2.45, 2.75) is 37.6 Å². The maximum atomic E-state index is 12.8. The standard InChI is InChI=1S/C20H25N3O3S/c1-14-9-10-17(27(25,26)23-19-8-4-3-6-15(19)2)12-18(14)20(24)22-16-7-5-11-21-13-16/h3-4,6,8-10,12,16,21,23H,5,7,11,13H2,1-2H3,(H,22,24)/t16-/m0/s1. The van der Waals surface area contributed by atoms with Crippen LogP contribution in [0.1, 0.15) is 34.3 Å². The minimum Gasteiger partial charge on any atom is -0.348 e. The molecule has 1 saturated heterocycles. The molecule has 0 aromatic heterocycles. The molecule has 0 unspecified atom stereocenters. The van der Waals surface area contributed by atoms with Gasteiger partial charge in [-0.05, 0) is 62.6 Å². The Morgan fingerprint density at radius 2 is 1.89 bits per heavy atom. The Kier molecular flexibility index (Phi) is 5.82. The first kappa shape index (κ1) is 19.4. The number of sulfonamides is 1. The fourth-order valence-electron chi connectivity index (χ4n) is 3.14. The number of nitrogens with one attached hydrogen (secondary N) is 3. The van der Waals surface area contributed by atoms with Crippen LogP contribution in [-0.4, -0.2) is 33.5 Å². The van der Waals surface area contributed by atoms with Gasteiger partial charge < -0.3 is 10.6 Å². The lowest BCUT2D eigenvalue weighted by Gasteiger charge is -2.24. The van der Waals surface area contributed by atoms with Gasteiger partial charge in [-0.3, -0.25) is 9.52 Å². The molecule has 2 aromatic carbocycles. The summed E-state index contributed by atoms with van der Waals surface area (Å²) in [7, 11) is -3.78. The fourth-order valence-corrected chi connectivity index (χ4v) is 4.30. The summed E-state index contributed by atoms with van der Waals surface area (Å²) in [6.07, 6.45) is 1.93. The fraction of sp³-hybridized carbons (Fsp3) is 0.350. The zero-order chi connectivity index (χ0) is 19.4. The molecule has 0 saturated carbocycles. The Hall–Kier alpha value is -2.38. The molecule has 1 aliphatic rings. The third-order valence-electron chi connectivity index (χ3n) is 4.79. The molecular weight excluding hydrogens is 362 g/mol. The van der Waals surface area contributed by atoms with Gasteiger partial charge in [-0.1, -0.05) is 24.3 Å². The predicted octanol–water partition coefficient (Wildman–Crippen LogP) is 2.59. The highest BCUT2D eigenvalue weighted by Crippen LogP contribution is 2.21. The molecule has 7 heteroatoms.